The van der Waals surface area contributed by atoms with E-state index in [0.29, 0.717) is 11.4 Å². The highest BCUT2D eigenvalue weighted by Gasteiger charge is 2.30. The van der Waals surface area contributed by atoms with Crippen LogP contribution in [0.2, 0.25) is 0 Å². The molecule has 3 aromatic rings. The van der Waals surface area contributed by atoms with E-state index in [-0.39, 0.29) is 37.2 Å². The van der Waals surface area contributed by atoms with E-state index in [2.05, 4.69) is 32.7 Å². The van der Waals surface area contributed by atoms with Crippen molar-refractivity contribution in [2.45, 2.75) is 18.4 Å². The Morgan fingerprint density at radius 2 is 1.77 bits per heavy atom. The van der Waals surface area contributed by atoms with Gasteiger partial charge in [-0.15, -0.1) is 11.8 Å². The van der Waals surface area contributed by atoms with Crippen LogP contribution in [-0.4, -0.2) is 63.7 Å². The number of aromatic nitrogens is 2. The summed E-state index contributed by atoms with van der Waals surface area (Å²) >= 11 is 1.20. The standard InChI is InChI=1S/C25H26N4O5S/c30-23(31)14-35-10-9-27-24(32)22(11-16-12-26-15-28-16)29-25(33)34-13-21-19-7-3-1-5-17(19)18-6-2-4-8-20(18)21/h1-8,12,15,21-22H,9-11,13-14H2,(H,26,28)(H,27,32)(H,29,33)(H,30,31)/t22-/m1/s1. The molecule has 1 atom stereocenters. The number of alkyl carbamates (subject to hydrolysis) is 1. The Balaban J connectivity index is 1.36. The third-order valence-electron chi connectivity index (χ3n) is 5.70. The summed E-state index contributed by atoms with van der Waals surface area (Å²) in [4.78, 5) is 43.0. The van der Waals surface area contributed by atoms with Gasteiger partial charge in [-0.05, 0) is 22.3 Å². The number of imidazole rings is 1. The molecule has 0 saturated carbocycles. The molecule has 0 bridgehead atoms. The molecule has 4 N–H and O–H groups in total. The number of nitrogens with one attached hydrogen (secondary N) is 3. The Morgan fingerprint density at radius 1 is 1.09 bits per heavy atom. The Bertz CT molecular complexity index is 1140. The summed E-state index contributed by atoms with van der Waals surface area (Å²) in [5.74, 6) is -0.968. The van der Waals surface area contributed by atoms with Crippen LogP contribution in [0.5, 0.6) is 0 Å². The van der Waals surface area contributed by atoms with Crippen LogP contribution in [0.3, 0.4) is 0 Å². The third kappa shape index (κ3) is 6.21. The van der Waals surface area contributed by atoms with E-state index >= 15 is 0 Å². The quantitative estimate of drug-likeness (QED) is 0.301. The second-order valence-corrected chi connectivity index (χ2v) is 9.15. The molecule has 0 spiro atoms. The summed E-state index contributed by atoms with van der Waals surface area (Å²) < 4.78 is 5.58. The fourth-order valence-corrected chi connectivity index (χ4v) is 4.70. The Kier molecular flexibility index (Phi) is 8.04. The summed E-state index contributed by atoms with van der Waals surface area (Å²) in [6.07, 6.45) is 2.60. The first kappa shape index (κ1) is 24.3. The number of fused-ring (bicyclic) bond motifs is 3. The molecule has 2 amide bonds. The van der Waals surface area contributed by atoms with Gasteiger partial charge in [0.25, 0.3) is 0 Å². The van der Waals surface area contributed by atoms with Gasteiger partial charge in [-0.3, -0.25) is 9.59 Å². The molecule has 0 unspecified atom stereocenters. The van der Waals surface area contributed by atoms with E-state index in [9.17, 15) is 14.4 Å². The molecule has 0 aliphatic heterocycles. The molecule has 35 heavy (non-hydrogen) atoms. The monoisotopic (exact) mass is 494 g/mol. The maximum atomic E-state index is 12.7. The van der Waals surface area contributed by atoms with E-state index in [1.165, 1.54) is 18.1 Å². The molecule has 0 radical (unpaired) electrons. The van der Waals surface area contributed by atoms with Gasteiger partial charge in [0.05, 0.1) is 12.1 Å². The van der Waals surface area contributed by atoms with Gasteiger partial charge < -0.3 is 25.5 Å². The number of nitrogens with zero attached hydrogens (tertiary/aromatic N) is 1. The van der Waals surface area contributed by atoms with Crippen LogP contribution in [0, 0.1) is 0 Å². The van der Waals surface area contributed by atoms with Gasteiger partial charge in [-0.25, -0.2) is 9.78 Å². The number of aliphatic carboxylic acids is 1. The first-order chi connectivity index (χ1) is 17.0. The Morgan fingerprint density at radius 3 is 2.40 bits per heavy atom. The molecule has 9 nitrogen and oxygen atoms in total. The summed E-state index contributed by atoms with van der Waals surface area (Å²) in [7, 11) is 0. The SMILES string of the molecule is O=C(O)CSCCNC(=O)[C@@H](Cc1cnc[nH]1)NC(=O)OCC1c2ccccc2-c2ccccc21. The lowest BCUT2D eigenvalue weighted by molar-refractivity contribution is -0.133. The molecule has 1 aliphatic rings. The largest absolute Gasteiger partial charge is 0.481 e. The normalized spacial score (nSPS) is 12.9. The van der Waals surface area contributed by atoms with Gasteiger partial charge >= 0.3 is 12.1 Å². The van der Waals surface area contributed by atoms with Crippen molar-refractivity contribution in [2.24, 2.45) is 0 Å². The minimum absolute atomic E-state index is 0.0363. The van der Waals surface area contributed by atoms with E-state index < -0.39 is 18.1 Å². The van der Waals surface area contributed by atoms with Crippen molar-refractivity contribution >= 4 is 29.7 Å². The number of hydrogen-bond acceptors (Lipinski definition) is 6. The highest BCUT2D eigenvalue weighted by atomic mass is 32.2. The number of amides is 2. The van der Waals surface area contributed by atoms with Crippen molar-refractivity contribution in [3.05, 3.63) is 77.9 Å². The fourth-order valence-electron chi connectivity index (χ4n) is 4.14. The molecule has 10 heteroatoms. The van der Waals surface area contributed by atoms with Gasteiger partial charge in [-0.1, -0.05) is 48.5 Å². The first-order valence-electron chi connectivity index (χ1n) is 11.2. The number of thioether (sulfide) groups is 1. The van der Waals surface area contributed by atoms with Crippen molar-refractivity contribution in [3.8, 4) is 11.1 Å². The summed E-state index contributed by atoms with van der Waals surface area (Å²) in [5.41, 5.74) is 5.16. The summed E-state index contributed by atoms with van der Waals surface area (Å²) in [5, 5.41) is 14.1. The van der Waals surface area contributed by atoms with E-state index in [1.807, 2.05) is 36.4 Å². The molecule has 2 aromatic carbocycles. The number of carboxylic acids is 1. The highest BCUT2D eigenvalue weighted by molar-refractivity contribution is 7.99. The number of benzene rings is 2. The smallest absolute Gasteiger partial charge is 0.407 e. The number of ether oxygens (including phenoxy) is 1. The molecule has 1 aromatic heterocycles. The number of rotatable bonds is 11. The Hall–Kier alpha value is -3.79. The average Bonchev–Trinajstić information content (AvgIpc) is 3.48. The zero-order valence-electron chi connectivity index (χ0n) is 18.9. The third-order valence-corrected chi connectivity index (χ3v) is 6.65. The van der Waals surface area contributed by atoms with Crippen molar-refractivity contribution in [1.82, 2.24) is 20.6 Å². The second-order valence-electron chi connectivity index (χ2n) is 8.04. The summed E-state index contributed by atoms with van der Waals surface area (Å²) in [6, 6.07) is 15.2. The molecule has 1 aliphatic carbocycles. The first-order valence-corrected chi connectivity index (χ1v) is 12.3. The molecular weight excluding hydrogens is 468 g/mol. The second kappa shape index (κ2) is 11.6. The molecule has 182 valence electrons. The number of hydrogen-bond donors (Lipinski definition) is 4. The number of carbonyl (C=O) groups is 3. The van der Waals surface area contributed by atoms with Crippen molar-refractivity contribution in [1.29, 1.82) is 0 Å². The number of carbonyl (C=O) groups excluding carboxylic acids is 2. The van der Waals surface area contributed by atoms with E-state index in [1.54, 1.807) is 6.20 Å². The van der Waals surface area contributed by atoms with Gasteiger partial charge in [0, 0.05) is 36.5 Å². The molecule has 4 rings (SSSR count). The molecule has 0 fully saturated rings. The zero-order valence-corrected chi connectivity index (χ0v) is 19.7. The predicted molar refractivity (Wildman–Crippen MR) is 132 cm³/mol. The van der Waals surface area contributed by atoms with Crippen LogP contribution in [0.4, 0.5) is 4.79 Å². The van der Waals surface area contributed by atoms with Crippen molar-refractivity contribution < 1.29 is 24.2 Å². The van der Waals surface area contributed by atoms with Crippen molar-refractivity contribution in [2.75, 3.05) is 24.7 Å². The maximum Gasteiger partial charge on any atom is 0.407 e. The van der Waals surface area contributed by atoms with E-state index in [0.717, 1.165) is 22.3 Å². The molecular formula is C25H26N4O5S. The Labute approximate surface area is 206 Å². The maximum absolute atomic E-state index is 12.7. The van der Waals surface area contributed by atoms with E-state index in [4.69, 9.17) is 9.84 Å². The van der Waals surface area contributed by atoms with Crippen LogP contribution in [-0.2, 0) is 20.7 Å². The predicted octanol–water partition coefficient (Wildman–Crippen LogP) is 2.79. The lowest BCUT2D eigenvalue weighted by Crippen LogP contribution is -2.48. The number of carboxylic acid groups (broad SMARTS) is 1. The lowest BCUT2D eigenvalue weighted by Gasteiger charge is -2.19. The van der Waals surface area contributed by atoms with Gasteiger partial charge in [0.15, 0.2) is 0 Å². The minimum atomic E-state index is -0.907. The van der Waals surface area contributed by atoms with Gasteiger partial charge in [-0.2, -0.15) is 0 Å². The van der Waals surface area contributed by atoms with Crippen molar-refractivity contribution in [3.63, 3.8) is 0 Å². The minimum Gasteiger partial charge on any atom is -0.481 e. The highest BCUT2D eigenvalue weighted by Crippen LogP contribution is 2.44. The molecule has 1 heterocycles. The van der Waals surface area contributed by atoms with Gasteiger partial charge in [0.1, 0.15) is 12.6 Å². The van der Waals surface area contributed by atoms with Crippen LogP contribution in [0.25, 0.3) is 11.1 Å². The number of H-pyrrole nitrogens is 1. The average molecular weight is 495 g/mol. The van der Waals surface area contributed by atoms with Crippen LogP contribution in [0.1, 0.15) is 22.7 Å². The van der Waals surface area contributed by atoms with Crippen LogP contribution in [0.15, 0.2) is 61.1 Å². The zero-order chi connectivity index (χ0) is 24.6. The van der Waals surface area contributed by atoms with Crippen LogP contribution < -0.4 is 10.6 Å². The molecule has 0 saturated heterocycles. The van der Waals surface area contributed by atoms with Gasteiger partial charge in [0.2, 0.25) is 5.91 Å². The fraction of sp³-hybridized carbons (Fsp3) is 0.280. The summed E-state index contributed by atoms with van der Waals surface area (Å²) in [6.45, 7) is 0.423. The van der Waals surface area contributed by atoms with Crippen LogP contribution >= 0.6 is 11.8 Å². The topological polar surface area (TPSA) is 133 Å². The lowest BCUT2D eigenvalue weighted by atomic mass is 9.98. The number of aromatic amines is 1.